The summed E-state index contributed by atoms with van der Waals surface area (Å²) in [6, 6.07) is -1.61. The quantitative estimate of drug-likeness (QED) is 0.549. The minimum Gasteiger partial charge on any atom is -0.134 e. The predicted molar refractivity (Wildman–Crippen MR) is 67.0 cm³/mol. The van der Waals surface area contributed by atoms with Gasteiger partial charge in [0, 0.05) is 24.6 Å². The zero-order chi connectivity index (χ0) is 15.6. The molecule has 0 aliphatic rings. The van der Waals surface area contributed by atoms with Crippen LogP contribution in [-0.2, 0) is 0 Å². The Morgan fingerprint density at radius 2 is 1.79 bits per heavy atom. The van der Waals surface area contributed by atoms with Gasteiger partial charge in [0.2, 0.25) is 0 Å². The van der Waals surface area contributed by atoms with Gasteiger partial charge in [-0.2, -0.15) is 0 Å². The van der Waals surface area contributed by atoms with Gasteiger partial charge < -0.3 is 0 Å². The number of fused-ring (bicyclic) bond motifs is 3. The molecule has 2 heteroatoms. The van der Waals surface area contributed by atoms with Crippen LogP contribution < -0.4 is 0 Å². The summed E-state index contributed by atoms with van der Waals surface area (Å²) in [4.78, 5) is 0. The fraction of sp³-hybridized carbons (Fsp3) is 0. The van der Waals surface area contributed by atoms with E-state index in [9.17, 15) is 0 Å². The summed E-state index contributed by atoms with van der Waals surface area (Å²) < 4.78 is 56.3. The molecule has 0 aliphatic carbocycles. The number of hydrogen-bond donors (Lipinski definition) is 0. The first kappa shape index (κ1) is 3.95. The van der Waals surface area contributed by atoms with E-state index in [4.69, 9.17) is 9.60 Å². The number of rotatable bonds is 0. The molecule has 3 rings (SSSR count). The van der Waals surface area contributed by atoms with Crippen LogP contribution in [0.2, 0.25) is 0 Å². The number of hydrogen-bond acceptors (Lipinski definition) is 1. The lowest BCUT2D eigenvalue weighted by Crippen LogP contribution is -1.65. The highest BCUT2D eigenvalue weighted by Gasteiger charge is 2.05. The molecule has 0 aliphatic heterocycles. The van der Waals surface area contributed by atoms with Gasteiger partial charge >= 0.3 is 0 Å². The monoisotopic (exact) mass is 269 g/mol. The minimum atomic E-state index is -0.357. The van der Waals surface area contributed by atoms with E-state index in [-0.39, 0.29) is 47.7 Å². The molecule has 0 N–H and O–H groups in total. The van der Waals surface area contributed by atoms with E-state index < -0.39 is 0 Å². The number of thiophene rings is 1. The minimum absolute atomic E-state index is 0.116. The van der Waals surface area contributed by atoms with E-state index in [0.717, 1.165) is 11.3 Å². The normalized spacial score (nSPS) is 18.2. The highest BCUT2D eigenvalue weighted by Crippen LogP contribution is 2.37. The van der Waals surface area contributed by atoms with Crippen LogP contribution in [0.15, 0.2) is 46.8 Å². The van der Waals surface area contributed by atoms with Crippen molar-refractivity contribution in [3.05, 3.63) is 46.8 Å². The molecular formula is C12H7BrS. The van der Waals surface area contributed by atoms with Gasteiger partial charge in [0.15, 0.2) is 0 Å². The smallest absolute Gasteiger partial charge is 0.0638 e. The summed E-state index contributed by atoms with van der Waals surface area (Å²) in [6.07, 6.45) is 0. The molecule has 0 fully saturated rings. The maximum atomic E-state index is 8.04. The standard InChI is InChI=1S/C12H7BrS/c13-10-6-3-5-9-8-4-1-2-7-11(8)14-12(9)10/h1-7H/i1D,2D,3D,4D,5D,6D,7D. The van der Waals surface area contributed by atoms with Crippen molar-refractivity contribution < 1.29 is 9.60 Å². The summed E-state index contributed by atoms with van der Waals surface area (Å²) in [5, 5.41) is 0.551. The summed E-state index contributed by atoms with van der Waals surface area (Å²) in [5.74, 6) is 0. The fourth-order valence-corrected chi connectivity index (χ4v) is 2.80. The van der Waals surface area contributed by atoms with E-state index >= 15 is 0 Å². The van der Waals surface area contributed by atoms with E-state index in [0.29, 0.717) is 19.3 Å². The lowest BCUT2D eigenvalue weighted by Gasteiger charge is -1.92. The second-order valence-electron chi connectivity index (χ2n) is 2.70. The third-order valence-corrected chi connectivity index (χ3v) is 3.87. The topological polar surface area (TPSA) is 0 Å². The Hall–Kier alpha value is -0.860. The van der Waals surface area contributed by atoms with Crippen molar-refractivity contribution in [2.24, 2.45) is 0 Å². The molecule has 0 atom stereocenters. The van der Waals surface area contributed by atoms with Gasteiger partial charge in [0.25, 0.3) is 0 Å². The first-order chi connectivity index (χ1) is 9.77. The van der Waals surface area contributed by atoms with Crippen LogP contribution in [0.1, 0.15) is 9.60 Å². The van der Waals surface area contributed by atoms with Crippen LogP contribution in [0.25, 0.3) is 20.2 Å². The molecule has 0 amide bonds. The van der Waals surface area contributed by atoms with E-state index in [1.165, 1.54) is 0 Å². The zero-order valence-electron chi connectivity index (χ0n) is 13.8. The van der Waals surface area contributed by atoms with E-state index in [1.807, 2.05) is 0 Å². The summed E-state index contributed by atoms with van der Waals surface area (Å²) in [5.41, 5.74) is 0. The predicted octanol–water partition coefficient (Wildman–Crippen LogP) is 4.82. The Labute approximate surface area is 104 Å². The van der Waals surface area contributed by atoms with Gasteiger partial charge in [-0.1, -0.05) is 30.2 Å². The molecule has 68 valence electrons. The summed E-state index contributed by atoms with van der Waals surface area (Å²) in [6.45, 7) is 0. The average molecular weight is 270 g/mol. The first-order valence-corrected chi connectivity index (χ1v) is 5.46. The van der Waals surface area contributed by atoms with Gasteiger partial charge in [-0.05, 0) is 28.0 Å². The molecule has 14 heavy (non-hydrogen) atoms. The molecule has 0 saturated heterocycles. The average Bonchev–Trinajstić information content (AvgIpc) is 2.87. The summed E-state index contributed by atoms with van der Waals surface area (Å²) >= 11 is 4.34. The van der Waals surface area contributed by atoms with Crippen LogP contribution in [0.5, 0.6) is 0 Å². The zero-order valence-corrected chi connectivity index (χ0v) is 9.19. The lowest BCUT2D eigenvalue weighted by molar-refractivity contribution is 1.80. The largest absolute Gasteiger partial charge is 0.134 e. The van der Waals surface area contributed by atoms with Crippen LogP contribution in [0.4, 0.5) is 0 Å². The van der Waals surface area contributed by atoms with Crippen molar-refractivity contribution in [1.29, 1.82) is 0 Å². The van der Waals surface area contributed by atoms with Crippen molar-refractivity contribution in [3.63, 3.8) is 0 Å². The van der Waals surface area contributed by atoms with E-state index in [1.54, 1.807) is 0 Å². The molecule has 0 radical (unpaired) electrons. The summed E-state index contributed by atoms with van der Waals surface area (Å²) in [7, 11) is 0. The maximum absolute atomic E-state index is 8.04. The molecule has 0 saturated carbocycles. The Kier molecular flexibility index (Phi) is 0.867. The van der Waals surface area contributed by atoms with Crippen LogP contribution >= 0.6 is 27.3 Å². The maximum Gasteiger partial charge on any atom is 0.0638 e. The Morgan fingerprint density at radius 1 is 1.00 bits per heavy atom. The van der Waals surface area contributed by atoms with Crippen molar-refractivity contribution in [2.45, 2.75) is 0 Å². The molecule has 3 aromatic rings. The first-order valence-electron chi connectivity index (χ1n) is 7.35. The molecule has 0 bridgehead atoms. The third kappa shape index (κ3) is 1.11. The van der Waals surface area contributed by atoms with Crippen LogP contribution in [-0.4, -0.2) is 0 Å². The van der Waals surface area contributed by atoms with Crippen molar-refractivity contribution in [1.82, 2.24) is 0 Å². The molecular weight excluding hydrogens is 256 g/mol. The highest BCUT2D eigenvalue weighted by atomic mass is 79.9. The van der Waals surface area contributed by atoms with Gasteiger partial charge in [-0.15, -0.1) is 11.3 Å². The van der Waals surface area contributed by atoms with E-state index in [2.05, 4.69) is 15.9 Å². The van der Waals surface area contributed by atoms with Crippen molar-refractivity contribution in [3.8, 4) is 0 Å². The van der Waals surface area contributed by atoms with Gasteiger partial charge in [0.05, 0.1) is 9.60 Å². The Balaban J connectivity index is 2.73. The fourth-order valence-electron chi connectivity index (χ4n) is 1.30. The van der Waals surface area contributed by atoms with Crippen LogP contribution in [0, 0.1) is 0 Å². The Morgan fingerprint density at radius 3 is 2.71 bits per heavy atom. The molecule has 2 aromatic carbocycles. The highest BCUT2D eigenvalue weighted by molar-refractivity contribution is 9.10. The Bertz CT molecular complexity index is 857. The van der Waals surface area contributed by atoms with Gasteiger partial charge in [-0.3, -0.25) is 0 Å². The van der Waals surface area contributed by atoms with Gasteiger partial charge in [-0.25, -0.2) is 0 Å². The molecule has 1 aromatic heterocycles. The molecule has 1 heterocycles. The number of halogens is 1. The SMILES string of the molecule is [2H]c1c([2H])c([2H])c2c(sc3c(Br)c([2H])c([2H])c([2H])c32)c1[2H]. The molecule has 0 spiro atoms. The molecule has 0 unspecified atom stereocenters. The lowest BCUT2D eigenvalue weighted by atomic mass is 10.2. The third-order valence-electron chi connectivity index (χ3n) is 1.89. The van der Waals surface area contributed by atoms with Crippen LogP contribution in [0.3, 0.4) is 0 Å². The van der Waals surface area contributed by atoms with Crippen molar-refractivity contribution in [2.75, 3.05) is 0 Å². The molecule has 0 nitrogen and oxygen atoms in total. The van der Waals surface area contributed by atoms with Gasteiger partial charge in [0.1, 0.15) is 0 Å². The number of benzene rings is 2. The second-order valence-corrected chi connectivity index (χ2v) is 4.51. The van der Waals surface area contributed by atoms with Crippen molar-refractivity contribution >= 4 is 47.4 Å². The second kappa shape index (κ2) is 3.07.